The van der Waals surface area contributed by atoms with E-state index in [1.807, 2.05) is 23.6 Å². The van der Waals surface area contributed by atoms with Gasteiger partial charge in [-0.05, 0) is 97.5 Å². The number of imidazole rings is 1. The molecule has 8 aromatic carbocycles. The third-order valence-corrected chi connectivity index (χ3v) is 12.1. The van der Waals surface area contributed by atoms with Crippen molar-refractivity contribution in [2.24, 2.45) is 0 Å². The van der Waals surface area contributed by atoms with E-state index in [9.17, 15) is 0 Å². The maximum atomic E-state index is 5.52. The van der Waals surface area contributed by atoms with Crippen LogP contribution in [0.15, 0.2) is 164 Å². The summed E-state index contributed by atoms with van der Waals surface area (Å²) >= 11 is 1.85. The van der Waals surface area contributed by atoms with Crippen LogP contribution in [-0.2, 0) is 0 Å². The van der Waals surface area contributed by atoms with E-state index in [1.54, 1.807) is 0 Å². The van der Waals surface area contributed by atoms with E-state index in [1.165, 1.54) is 74.4 Å². The lowest BCUT2D eigenvalue weighted by molar-refractivity contribution is 1.25. The van der Waals surface area contributed by atoms with Gasteiger partial charge in [0.15, 0.2) is 5.65 Å². The fourth-order valence-corrected chi connectivity index (χ4v) is 9.64. The quantitative estimate of drug-likeness (QED) is 0.135. The number of rotatable bonds is 2. The molecular weight excluding hydrogens is 651 g/mol. The highest BCUT2D eigenvalue weighted by molar-refractivity contribution is 7.26. The van der Waals surface area contributed by atoms with Crippen LogP contribution in [0.4, 0.5) is 0 Å². The van der Waals surface area contributed by atoms with Gasteiger partial charge >= 0.3 is 0 Å². The zero-order valence-corrected chi connectivity index (χ0v) is 28.7. The van der Waals surface area contributed by atoms with Crippen LogP contribution in [0.3, 0.4) is 0 Å². The molecule has 0 N–H and O–H groups in total. The molecule has 0 fully saturated rings. The fourth-order valence-electron chi connectivity index (χ4n) is 8.45. The first-order chi connectivity index (χ1) is 25.7. The lowest BCUT2D eigenvalue weighted by atomic mass is 9.94. The minimum Gasteiger partial charge on any atom is -0.291 e. The molecule has 0 atom stereocenters. The number of hydrogen-bond acceptors (Lipinski definition) is 3. The average Bonchev–Trinajstić information content (AvgIpc) is 3.77. The molecule has 0 unspecified atom stereocenters. The summed E-state index contributed by atoms with van der Waals surface area (Å²) in [5, 5.41) is 13.4. The van der Waals surface area contributed by atoms with Gasteiger partial charge in [0, 0.05) is 37.8 Å². The molecule has 4 aromatic heterocycles. The van der Waals surface area contributed by atoms with Gasteiger partial charge in [-0.2, -0.15) is 0 Å². The second-order valence-electron chi connectivity index (χ2n) is 13.8. The molecule has 4 heterocycles. The molecule has 0 aliphatic carbocycles. The summed E-state index contributed by atoms with van der Waals surface area (Å²) in [5.74, 6) is 0. The summed E-state index contributed by atoms with van der Waals surface area (Å²) < 4.78 is 4.89. The Balaban J connectivity index is 1.15. The zero-order valence-electron chi connectivity index (χ0n) is 27.8. The molecule has 0 amide bonds. The molecule has 240 valence electrons. The van der Waals surface area contributed by atoms with Gasteiger partial charge in [-0.1, -0.05) is 109 Å². The largest absolute Gasteiger partial charge is 0.291 e. The third-order valence-electron chi connectivity index (χ3n) is 10.9. The van der Waals surface area contributed by atoms with Crippen LogP contribution in [-0.4, -0.2) is 14.4 Å². The van der Waals surface area contributed by atoms with E-state index in [0.29, 0.717) is 0 Å². The van der Waals surface area contributed by atoms with E-state index in [0.717, 1.165) is 38.8 Å². The van der Waals surface area contributed by atoms with Crippen molar-refractivity contribution >= 4 is 102 Å². The molecule has 0 saturated carbocycles. The lowest BCUT2D eigenvalue weighted by Crippen LogP contribution is -1.93. The van der Waals surface area contributed by atoms with Gasteiger partial charge in [0.25, 0.3) is 0 Å². The molecular formula is C48H27N3S. The first-order valence-electron chi connectivity index (χ1n) is 17.6. The molecule has 12 aromatic rings. The van der Waals surface area contributed by atoms with E-state index in [-0.39, 0.29) is 0 Å². The van der Waals surface area contributed by atoms with Crippen molar-refractivity contribution in [1.82, 2.24) is 14.4 Å². The van der Waals surface area contributed by atoms with Gasteiger partial charge in [-0.3, -0.25) is 9.38 Å². The molecule has 0 aliphatic heterocycles. The second-order valence-corrected chi connectivity index (χ2v) is 14.9. The van der Waals surface area contributed by atoms with Crippen LogP contribution in [0.25, 0.3) is 113 Å². The van der Waals surface area contributed by atoms with Crippen molar-refractivity contribution in [3.63, 3.8) is 0 Å². The van der Waals surface area contributed by atoms with Gasteiger partial charge < -0.3 is 0 Å². The van der Waals surface area contributed by atoms with Crippen molar-refractivity contribution in [1.29, 1.82) is 0 Å². The number of thiophene rings is 1. The number of aromatic nitrogens is 3. The topological polar surface area (TPSA) is 30.2 Å². The van der Waals surface area contributed by atoms with E-state index in [4.69, 9.17) is 9.97 Å². The Morgan fingerprint density at radius 3 is 1.92 bits per heavy atom. The van der Waals surface area contributed by atoms with Crippen LogP contribution in [0.2, 0.25) is 0 Å². The van der Waals surface area contributed by atoms with Crippen LogP contribution in [0.5, 0.6) is 0 Å². The highest BCUT2D eigenvalue weighted by Crippen LogP contribution is 2.43. The molecule has 0 bridgehead atoms. The average molecular weight is 678 g/mol. The normalized spacial score (nSPS) is 12.2. The Bertz CT molecular complexity index is 3460. The van der Waals surface area contributed by atoms with Crippen molar-refractivity contribution < 1.29 is 0 Å². The van der Waals surface area contributed by atoms with Gasteiger partial charge in [-0.15, -0.1) is 11.3 Å². The maximum absolute atomic E-state index is 5.52. The minimum absolute atomic E-state index is 1.01. The standard InChI is InChI=1S/C48H27N3S/c1-2-9-31-23-39-34(22-30(31)8-1)19-20-42-46(39)50-48-47-41(40-24-32-10-3-4-11-33(32)26-44(40)52-47)27-43(51(42)48)29-17-15-28(16-18-29)38-25-35-12-7-21-49-45(35)37-14-6-5-13-36(37)38/h1-27H. The molecule has 4 heteroatoms. The number of benzene rings is 8. The van der Waals surface area contributed by atoms with Gasteiger partial charge in [0.2, 0.25) is 0 Å². The van der Waals surface area contributed by atoms with E-state index >= 15 is 0 Å². The second kappa shape index (κ2) is 10.5. The van der Waals surface area contributed by atoms with Crippen LogP contribution >= 0.6 is 11.3 Å². The Morgan fingerprint density at radius 2 is 1.12 bits per heavy atom. The zero-order chi connectivity index (χ0) is 33.9. The molecule has 3 nitrogen and oxygen atoms in total. The van der Waals surface area contributed by atoms with Gasteiger partial charge in [-0.25, -0.2) is 4.98 Å². The maximum Gasteiger partial charge on any atom is 0.156 e. The molecule has 52 heavy (non-hydrogen) atoms. The van der Waals surface area contributed by atoms with Crippen molar-refractivity contribution in [2.45, 2.75) is 0 Å². The third kappa shape index (κ3) is 3.95. The number of hydrogen-bond donors (Lipinski definition) is 0. The predicted octanol–water partition coefficient (Wildman–Crippen LogP) is 13.4. The van der Waals surface area contributed by atoms with Gasteiger partial charge in [0.1, 0.15) is 0 Å². The van der Waals surface area contributed by atoms with Crippen molar-refractivity contribution in [3.05, 3.63) is 164 Å². The van der Waals surface area contributed by atoms with Crippen molar-refractivity contribution in [2.75, 3.05) is 0 Å². The number of nitrogens with zero attached hydrogens (tertiary/aromatic N) is 3. The summed E-state index contributed by atoms with van der Waals surface area (Å²) in [5.41, 5.74) is 8.89. The minimum atomic E-state index is 1.01. The number of fused-ring (bicyclic) bond motifs is 14. The smallest absolute Gasteiger partial charge is 0.156 e. The molecule has 0 spiro atoms. The van der Waals surface area contributed by atoms with Gasteiger partial charge in [0.05, 0.1) is 26.9 Å². The Labute approximate surface area is 301 Å². The van der Waals surface area contributed by atoms with Crippen LogP contribution < -0.4 is 0 Å². The fraction of sp³-hybridized carbons (Fsp3) is 0. The first kappa shape index (κ1) is 28.1. The lowest BCUT2D eigenvalue weighted by Gasteiger charge is -2.12. The summed E-state index contributed by atoms with van der Waals surface area (Å²) in [6.07, 6.45) is 1.88. The van der Waals surface area contributed by atoms with E-state index < -0.39 is 0 Å². The predicted molar refractivity (Wildman–Crippen MR) is 222 cm³/mol. The summed E-state index contributed by atoms with van der Waals surface area (Å²) in [6, 6.07) is 57.6. The summed E-state index contributed by atoms with van der Waals surface area (Å²) in [4.78, 5) is 10.3. The van der Waals surface area contributed by atoms with Crippen molar-refractivity contribution in [3.8, 4) is 22.4 Å². The first-order valence-corrected chi connectivity index (χ1v) is 18.5. The number of pyridine rings is 2. The molecule has 12 rings (SSSR count). The Kier molecular flexibility index (Phi) is 5.65. The Morgan fingerprint density at radius 1 is 0.442 bits per heavy atom. The SMILES string of the molecule is c1ccc2cc3c(ccc4c3nc3c5sc6cc7ccccc7cc6c5cc(-c5ccc(-c6cc7cccnc7c7ccccc67)cc5)n43)cc2c1. The molecule has 0 radical (unpaired) electrons. The van der Waals surface area contributed by atoms with Crippen LogP contribution in [0, 0.1) is 0 Å². The monoisotopic (exact) mass is 677 g/mol. The molecule has 0 saturated heterocycles. The van der Waals surface area contributed by atoms with Crippen LogP contribution in [0.1, 0.15) is 0 Å². The summed E-state index contributed by atoms with van der Waals surface area (Å²) in [6.45, 7) is 0. The summed E-state index contributed by atoms with van der Waals surface area (Å²) in [7, 11) is 0. The highest BCUT2D eigenvalue weighted by atomic mass is 32.1. The Hall–Kier alpha value is -6.62. The highest BCUT2D eigenvalue weighted by Gasteiger charge is 2.20. The molecule has 0 aliphatic rings. The van der Waals surface area contributed by atoms with E-state index in [2.05, 4.69) is 156 Å².